The highest BCUT2D eigenvalue weighted by Crippen LogP contribution is 2.52. The first-order valence-electron chi connectivity index (χ1n) is 11.0. The second-order valence-electron chi connectivity index (χ2n) is 8.52. The van der Waals surface area contributed by atoms with Crippen molar-refractivity contribution in [1.82, 2.24) is 15.0 Å². The number of rotatable bonds is 5. The van der Waals surface area contributed by atoms with Gasteiger partial charge in [0.15, 0.2) is 0 Å². The minimum Gasteiger partial charge on any atom is -0.505 e. The van der Waals surface area contributed by atoms with Gasteiger partial charge in [-0.2, -0.15) is 0 Å². The molecule has 2 aromatic carbocycles. The maximum absolute atomic E-state index is 12.0. The van der Waals surface area contributed by atoms with Gasteiger partial charge < -0.3 is 9.84 Å². The van der Waals surface area contributed by atoms with Crippen molar-refractivity contribution in [3.05, 3.63) is 71.3 Å². The highest BCUT2D eigenvalue weighted by molar-refractivity contribution is 5.87. The number of hydrogen-bond donors (Lipinski definition) is 1. The summed E-state index contributed by atoms with van der Waals surface area (Å²) in [5, 5.41) is 20.1. The van der Waals surface area contributed by atoms with Crippen LogP contribution in [0.2, 0.25) is 0 Å². The zero-order valence-electron chi connectivity index (χ0n) is 18.6. The molecule has 0 saturated heterocycles. The van der Waals surface area contributed by atoms with Crippen molar-refractivity contribution in [1.29, 1.82) is 0 Å². The highest BCUT2D eigenvalue weighted by atomic mass is 16.5. The molecule has 0 aliphatic heterocycles. The summed E-state index contributed by atoms with van der Waals surface area (Å²) in [5.74, 6) is -0.00696. The van der Waals surface area contributed by atoms with Crippen LogP contribution in [0.5, 0.6) is 5.75 Å². The standard InChI is InChI=1S/C25H25N3O3/c1-14(2)25(30)31-13-19-10-18(20-11-16-9-17(20)8-15(16)3)12-23(24(19)29)28-26-21-6-4-5-7-22(21)27-28/h4-8,10,12,16-17,20,29H,1,9,11,13H2,2-3H3/i11D. The van der Waals surface area contributed by atoms with E-state index in [2.05, 4.69) is 29.8 Å². The van der Waals surface area contributed by atoms with Crippen LogP contribution in [0.15, 0.2) is 60.2 Å². The quantitative estimate of drug-likeness (QED) is 0.367. The number of allylic oxidation sites excluding steroid dienone is 2. The van der Waals surface area contributed by atoms with Gasteiger partial charge in [0.05, 0.1) is 0 Å². The minimum absolute atomic E-state index is 0.00335. The molecular formula is C25H25N3O3. The van der Waals surface area contributed by atoms with Gasteiger partial charge in [0, 0.05) is 12.5 Å². The molecule has 1 N–H and O–H groups in total. The molecule has 0 spiro atoms. The molecule has 6 nitrogen and oxygen atoms in total. The lowest BCUT2D eigenvalue weighted by Gasteiger charge is -2.22. The van der Waals surface area contributed by atoms with E-state index in [1.54, 1.807) is 6.92 Å². The minimum atomic E-state index is -0.517. The first kappa shape index (κ1) is 18.4. The van der Waals surface area contributed by atoms with Crippen LogP contribution >= 0.6 is 0 Å². The zero-order valence-corrected chi connectivity index (χ0v) is 17.6. The molecule has 0 radical (unpaired) electrons. The van der Waals surface area contributed by atoms with Crippen molar-refractivity contribution < 1.29 is 16.0 Å². The van der Waals surface area contributed by atoms with Gasteiger partial charge in [-0.15, -0.1) is 15.0 Å². The third kappa shape index (κ3) is 3.42. The van der Waals surface area contributed by atoms with Crippen LogP contribution in [0, 0.1) is 11.8 Å². The van der Waals surface area contributed by atoms with Crippen molar-refractivity contribution >= 4 is 17.0 Å². The molecule has 2 aliphatic carbocycles. The van der Waals surface area contributed by atoms with Crippen molar-refractivity contribution in [3.8, 4) is 11.4 Å². The molecule has 1 aromatic heterocycles. The summed E-state index contributed by atoms with van der Waals surface area (Å²) in [4.78, 5) is 13.4. The number of ether oxygens (including phenoxy) is 1. The van der Waals surface area contributed by atoms with E-state index in [0.29, 0.717) is 27.9 Å². The molecule has 158 valence electrons. The maximum Gasteiger partial charge on any atom is 0.333 e. The second kappa shape index (κ2) is 7.38. The summed E-state index contributed by atoms with van der Waals surface area (Å²) in [5.41, 5.74) is 4.81. The van der Waals surface area contributed by atoms with E-state index in [-0.39, 0.29) is 36.5 Å². The highest BCUT2D eigenvalue weighted by Gasteiger charge is 2.40. The van der Waals surface area contributed by atoms with E-state index in [0.717, 1.165) is 12.0 Å². The van der Waals surface area contributed by atoms with Crippen LogP contribution in [-0.2, 0) is 16.1 Å². The fraction of sp³-hybridized carbons (Fsp3) is 0.320. The summed E-state index contributed by atoms with van der Waals surface area (Å²) in [6, 6.07) is 11.2. The Bertz CT molecular complexity index is 1250. The lowest BCUT2D eigenvalue weighted by Crippen LogP contribution is -2.11. The molecule has 3 aromatic rings. The van der Waals surface area contributed by atoms with Gasteiger partial charge >= 0.3 is 5.97 Å². The Kier molecular flexibility index (Phi) is 4.37. The van der Waals surface area contributed by atoms with E-state index in [9.17, 15) is 9.90 Å². The molecule has 4 atom stereocenters. The van der Waals surface area contributed by atoms with Crippen LogP contribution in [-0.4, -0.2) is 26.1 Å². The van der Waals surface area contributed by atoms with Crippen molar-refractivity contribution in [2.45, 2.75) is 39.2 Å². The molecule has 2 bridgehead atoms. The number of esters is 1. The Hall–Kier alpha value is -3.41. The molecule has 1 saturated carbocycles. The number of benzene rings is 2. The third-order valence-electron chi connectivity index (χ3n) is 6.27. The number of carbonyl (C=O) groups is 1. The maximum atomic E-state index is 12.0. The number of aromatic hydroxyl groups is 1. The van der Waals surface area contributed by atoms with E-state index in [4.69, 9.17) is 6.11 Å². The monoisotopic (exact) mass is 416 g/mol. The van der Waals surface area contributed by atoms with Crippen LogP contribution in [0.25, 0.3) is 16.7 Å². The fourth-order valence-electron chi connectivity index (χ4n) is 4.63. The van der Waals surface area contributed by atoms with Crippen LogP contribution in [0.3, 0.4) is 0 Å². The van der Waals surface area contributed by atoms with Crippen LogP contribution in [0.4, 0.5) is 0 Å². The summed E-state index contributed by atoms with van der Waals surface area (Å²) in [6.07, 6.45) is 3.00. The van der Waals surface area contributed by atoms with Gasteiger partial charge in [-0.25, -0.2) is 4.79 Å². The molecule has 2 aliphatic rings. The first-order valence-corrected chi connectivity index (χ1v) is 10.4. The summed E-state index contributed by atoms with van der Waals surface area (Å²) < 4.78 is 14.2. The Labute approximate surface area is 182 Å². The van der Waals surface area contributed by atoms with E-state index in [1.807, 2.05) is 36.4 Å². The predicted octanol–water partition coefficient (Wildman–Crippen LogP) is 4.82. The number of fused-ring (bicyclic) bond motifs is 3. The van der Waals surface area contributed by atoms with Crippen LogP contribution < -0.4 is 0 Å². The average molecular weight is 416 g/mol. The zero-order chi connectivity index (χ0) is 22.6. The number of phenols is 1. The Balaban J connectivity index is 1.60. The largest absolute Gasteiger partial charge is 0.505 e. The number of phenolic OH excluding ortho intramolecular Hbond substituents is 1. The summed E-state index contributed by atoms with van der Waals surface area (Å²) >= 11 is 0. The van der Waals surface area contributed by atoms with E-state index < -0.39 is 5.97 Å². The average Bonchev–Trinajstić information content (AvgIpc) is 3.44. The van der Waals surface area contributed by atoms with Gasteiger partial charge in [0.25, 0.3) is 0 Å². The second-order valence-corrected chi connectivity index (χ2v) is 8.52. The van der Waals surface area contributed by atoms with Gasteiger partial charge in [-0.3, -0.25) is 0 Å². The first-order chi connectivity index (χ1) is 15.3. The summed E-state index contributed by atoms with van der Waals surface area (Å²) in [7, 11) is 0. The molecule has 0 amide bonds. The topological polar surface area (TPSA) is 77.2 Å². The van der Waals surface area contributed by atoms with Crippen molar-refractivity contribution in [2.75, 3.05) is 0 Å². The molecule has 5 rings (SSSR count). The normalized spacial score (nSPS) is 24.8. The summed E-state index contributed by atoms with van der Waals surface area (Å²) in [6.45, 7) is 7.20. The number of carbonyl (C=O) groups excluding carboxylic acids is 1. The molecule has 6 heteroatoms. The van der Waals surface area contributed by atoms with E-state index in [1.165, 1.54) is 10.4 Å². The Morgan fingerprint density at radius 1 is 1.32 bits per heavy atom. The number of aromatic nitrogens is 3. The Morgan fingerprint density at radius 2 is 2.03 bits per heavy atom. The molecular weight excluding hydrogens is 390 g/mol. The number of nitrogens with zero attached hydrogens (tertiary/aromatic N) is 3. The van der Waals surface area contributed by atoms with Gasteiger partial charge in [0.2, 0.25) is 0 Å². The van der Waals surface area contributed by atoms with Crippen molar-refractivity contribution in [2.24, 2.45) is 11.8 Å². The van der Waals surface area contributed by atoms with E-state index >= 15 is 0 Å². The van der Waals surface area contributed by atoms with Crippen LogP contribution in [0.1, 0.15) is 45.1 Å². The predicted molar refractivity (Wildman–Crippen MR) is 118 cm³/mol. The molecule has 1 heterocycles. The molecule has 31 heavy (non-hydrogen) atoms. The number of hydrogen-bond acceptors (Lipinski definition) is 5. The lowest BCUT2D eigenvalue weighted by molar-refractivity contribution is -0.140. The van der Waals surface area contributed by atoms with Gasteiger partial charge in [0.1, 0.15) is 29.1 Å². The Morgan fingerprint density at radius 3 is 2.65 bits per heavy atom. The SMILES string of the molecule is [2H]C1C2CC(C=C2C)C1c1cc(COC(=O)C(=C)C)c(O)c(-n2nc3ccccc3n2)c1. The lowest BCUT2D eigenvalue weighted by atomic mass is 9.84. The molecule has 4 unspecified atom stereocenters. The third-order valence-corrected chi connectivity index (χ3v) is 6.27. The van der Waals surface area contributed by atoms with Gasteiger partial charge in [-0.1, -0.05) is 30.4 Å². The fourth-order valence-corrected chi connectivity index (χ4v) is 4.63. The van der Waals surface area contributed by atoms with Crippen molar-refractivity contribution in [3.63, 3.8) is 0 Å². The molecule has 1 fully saturated rings. The van der Waals surface area contributed by atoms with Gasteiger partial charge in [-0.05, 0) is 74.2 Å². The smallest absolute Gasteiger partial charge is 0.333 e.